The van der Waals surface area contributed by atoms with Gasteiger partial charge >= 0.3 is 0 Å². The Hall–Kier alpha value is -0.260. The predicted molar refractivity (Wildman–Crippen MR) is 47.8 cm³/mol. The molecule has 0 aromatic carbocycles. The fraction of sp³-hybridized carbons (Fsp3) is 0.700. The van der Waals surface area contributed by atoms with E-state index in [9.17, 15) is 0 Å². The van der Waals surface area contributed by atoms with E-state index in [1.807, 2.05) is 6.08 Å². The summed E-state index contributed by atoms with van der Waals surface area (Å²) in [6, 6.07) is 0. The highest BCUT2D eigenvalue weighted by atomic mass is 14.0. The summed E-state index contributed by atoms with van der Waals surface area (Å²) in [5.74, 6) is 0.845. The van der Waals surface area contributed by atoms with E-state index in [-0.39, 0.29) is 0 Å². The third-order valence-electron chi connectivity index (χ3n) is 1.76. The molecule has 0 aromatic rings. The summed E-state index contributed by atoms with van der Waals surface area (Å²) < 4.78 is 0. The van der Waals surface area contributed by atoms with Crippen LogP contribution in [0.25, 0.3) is 0 Å². The molecule has 1 radical (unpaired) electrons. The zero-order valence-corrected chi connectivity index (χ0v) is 7.27. The van der Waals surface area contributed by atoms with E-state index in [0.29, 0.717) is 0 Å². The average Bonchev–Trinajstić information content (AvgIpc) is 1.97. The van der Waals surface area contributed by atoms with Gasteiger partial charge in [0.15, 0.2) is 0 Å². The van der Waals surface area contributed by atoms with E-state index in [1.54, 1.807) is 0 Å². The topological polar surface area (TPSA) is 0 Å². The van der Waals surface area contributed by atoms with Crippen molar-refractivity contribution >= 4 is 0 Å². The van der Waals surface area contributed by atoms with Crippen molar-refractivity contribution in [3.8, 4) is 0 Å². The quantitative estimate of drug-likeness (QED) is 0.546. The molecule has 0 heterocycles. The molecule has 0 aliphatic heterocycles. The minimum absolute atomic E-state index is 0.845. The Kier molecular flexibility index (Phi) is 6.68. The first-order chi connectivity index (χ1) is 4.81. The second kappa shape index (κ2) is 6.85. The van der Waals surface area contributed by atoms with E-state index in [4.69, 9.17) is 0 Å². The molecule has 0 saturated heterocycles. The van der Waals surface area contributed by atoms with Gasteiger partial charge in [0.25, 0.3) is 0 Å². The van der Waals surface area contributed by atoms with Gasteiger partial charge in [-0.2, -0.15) is 0 Å². The Balaban J connectivity index is 3.16. The lowest BCUT2D eigenvalue weighted by molar-refractivity contribution is 0.512. The molecule has 1 unspecified atom stereocenters. The molecule has 10 heavy (non-hydrogen) atoms. The Labute approximate surface area is 65.3 Å². The van der Waals surface area contributed by atoms with Crippen molar-refractivity contribution in [2.75, 3.05) is 0 Å². The summed E-state index contributed by atoms with van der Waals surface area (Å²) in [7, 11) is 0. The highest BCUT2D eigenvalue weighted by molar-refractivity contribution is 4.84. The van der Waals surface area contributed by atoms with Gasteiger partial charge in [-0.3, -0.25) is 0 Å². The van der Waals surface area contributed by atoms with Crippen molar-refractivity contribution in [3.63, 3.8) is 0 Å². The van der Waals surface area contributed by atoms with Crippen LogP contribution in [-0.2, 0) is 0 Å². The summed E-state index contributed by atoms with van der Waals surface area (Å²) in [5.41, 5.74) is 0. The van der Waals surface area contributed by atoms with Gasteiger partial charge < -0.3 is 0 Å². The molecule has 0 aliphatic rings. The molecule has 0 nitrogen and oxygen atoms in total. The van der Waals surface area contributed by atoms with Crippen molar-refractivity contribution in [3.05, 3.63) is 19.1 Å². The van der Waals surface area contributed by atoms with E-state index in [2.05, 4.69) is 26.8 Å². The number of hydrogen-bond donors (Lipinski definition) is 0. The minimum atomic E-state index is 0.845. The molecule has 0 aliphatic carbocycles. The lowest BCUT2D eigenvalue weighted by Gasteiger charge is -2.05. The number of hydrogen-bond acceptors (Lipinski definition) is 0. The minimum Gasteiger partial charge on any atom is -0.0883 e. The van der Waals surface area contributed by atoms with Gasteiger partial charge in [0.1, 0.15) is 0 Å². The summed E-state index contributed by atoms with van der Waals surface area (Å²) in [6.07, 6.45) is 9.29. The van der Waals surface area contributed by atoms with Gasteiger partial charge in [-0.25, -0.2) is 0 Å². The molecule has 0 fully saturated rings. The largest absolute Gasteiger partial charge is 0.0883 e. The first-order valence-electron chi connectivity index (χ1n) is 4.25. The zero-order chi connectivity index (χ0) is 7.82. The molecule has 1 atom stereocenters. The predicted octanol–water partition coefficient (Wildman–Crippen LogP) is 3.59. The lowest BCUT2D eigenvalue weighted by atomic mass is 10.0. The van der Waals surface area contributed by atoms with Gasteiger partial charge in [-0.1, -0.05) is 45.3 Å². The molecule has 59 valence electrons. The maximum absolute atomic E-state index is 3.66. The molecule has 0 bridgehead atoms. The van der Waals surface area contributed by atoms with E-state index < -0.39 is 0 Å². The van der Waals surface area contributed by atoms with Gasteiger partial charge in [0.2, 0.25) is 0 Å². The Bertz CT molecular complexity index is 82.0. The maximum Gasteiger partial charge on any atom is -0.0316 e. The fourth-order valence-electron chi connectivity index (χ4n) is 0.999. The van der Waals surface area contributed by atoms with Crippen LogP contribution in [0.1, 0.15) is 39.5 Å². The number of unbranched alkanes of at least 4 members (excludes halogenated alkanes) is 1. The molecule has 0 rings (SSSR count). The highest BCUT2D eigenvalue weighted by Crippen LogP contribution is 2.11. The third kappa shape index (κ3) is 5.87. The molecule has 0 spiro atoms. The van der Waals surface area contributed by atoms with Crippen LogP contribution >= 0.6 is 0 Å². The van der Waals surface area contributed by atoms with Crippen LogP contribution in [0.2, 0.25) is 0 Å². The van der Waals surface area contributed by atoms with Crippen molar-refractivity contribution in [2.45, 2.75) is 39.5 Å². The normalized spacial score (nSPS) is 14.3. The molecule has 0 heteroatoms. The first-order valence-corrected chi connectivity index (χ1v) is 4.25. The summed E-state index contributed by atoms with van der Waals surface area (Å²) >= 11 is 0. The van der Waals surface area contributed by atoms with Crippen molar-refractivity contribution < 1.29 is 0 Å². The van der Waals surface area contributed by atoms with Crippen LogP contribution < -0.4 is 0 Å². The van der Waals surface area contributed by atoms with Gasteiger partial charge in [-0.05, 0) is 19.3 Å². The SMILES string of the molecule is [CH2]/C=C/CC(C)CCCC. The smallest absolute Gasteiger partial charge is 0.0316 e. The van der Waals surface area contributed by atoms with Crippen LogP contribution in [0.5, 0.6) is 0 Å². The molecule has 0 aromatic heterocycles. The lowest BCUT2D eigenvalue weighted by Crippen LogP contribution is -1.91. The monoisotopic (exact) mass is 139 g/mol. The Morgan fingerprint density at radius 2 is 2.20 bits per heavy atom. The zero-order valence-electron chi connectivity index (χ0n) is 7.27. The van der Waals surface area contributed by atoms with Crippen molar-refractivity contribution in [1.29, 1.82) is 0 Å². The number of rotatable bonds is 5. The fourth-order valence-corrected chi connectivity index (χ4v) is 0.999. The molecular weight excluding hydrogens is 120 g/mol. The first kappa shape index (κ1) is 9.74. The van der Waals surface area contributed by atoms with Gasteiger partial charge in [0.05, 0.1) is 0 Å². The Morgan fingerprint density at radius 3 is 2.70 bits per heavy atom. The van der Waals surface area contributed by atoms with Crippen LogP contribution in [0.15, 0.2) is 12.2 Å². The number of allylic oxidation sites excluding steroid dienone is 2. The molecule has 0 saturated carbocycles. The molecular formula is C10H19. The van der Waals surface area contributed by atoms with Crippen LogP contribution in [-0.4, -0.2) is 0 Å². The second-order valence-corrected chi connectivity index (χ2v) is 2.95. The van der Waals surface area contributed by atoms with E-state index in [0.717, 1.165) is 5.92 Å². The maximum atomic E-state index is 3.66. The van der Waals surface area contributed by atoms with Crippen molar-refractivity contribution in [1.82, 2.24) is 0 Å². The highest BCUT2D eigenvalue weighted by Gasteiger charge is 1.96. The summed E-state index contributed by atoms with van der Waals surface area (Å²) in [5, 5.41) is 0. The van der Waals surface area contributed by atoms with Crippen LogP contribution in [0.3, 0.4) is 0 Å². The summed E-state index contributed by atoms with van der Waals surface area (Å²) in [4.78, 5) is 0. The Morgan fingerprint density at radius 1 is 1.50 bits per heavy atom. The molecule has 0 N–H and O–H groups in total. The van der Waals surface area contributed by atoms with Gasteiger partial charge in [-0.15, -0.1) is 0 Å². The van der Waals surface area contributed by atoms with Crippen molar-refractivity contribution in [2.24, 2.45) is 5.92 Å². The standard InChI is InChI=1S/C10H19/c1-4-6-8-10(3)9-7-5-2/h4,6,10H,1,5,7-9H2,2-3H3/b6-4+. The van der Waals surface area contributed by atoms with Gasteiger partial charge in [0, 0.05) is 0 Å². The second-order valence-electron chi connectivity index (χ2n) is 2.95. The van der Waals surface area contributed by atoms with Crippen LogP contribution in [0.4, 0.5) is 0 Å². The van der Waals surface area contributed by atoms with E-state index >= 15 is 0 Å². The van der Waals surface area contributed by atoms with E-state index in [1.165, 1.54) is 25.7 Å². The third-order valence-corrected chi connectivity index (χ3v) is 1.76. The summed E-state index contributed by atoms with van der Waals surface area (Å²) in [6.45, 7) is 8.20. The van der Waals surface area contributed by atoms with Crippen LogP contribution in [0, 0.1) is 12.8 Å². The molecule has 0 amide bonds. The average molecular weight is 139 g/mol.